The smallest absolute Gasteiger partial charge is 0.224 e. The van der Waals surface area contributed by atoms with E-state index < -0.39 is 0 Å². The van der Waals surface area contributed by atoms with Gasteiger partial charge < -0.3 is 9.64 Å². The average molecular weight is 286 g/mol. The van der Waals surface area contributed by atoms with Crippen molar-refractivity contribution >= 4 is 29.2 Å². The molecule has 98 valence electrons. The van der Waals surface area contributed by atoms with Gasteiger partial charge in [-0.15, -0.1) is 0 Å². The van der Waals surface area contributed by atoms with E-state index >= 15 is 0 Å². The molecule has 3 heterocycles. The van der Waals surface area contributed by atoms with Crippen LogP contribution in [0, 0.1) is 0 Å². The molecule has 0 aliphatic carbocycles. The number of halogens is 1. The van der Waals surface area contributed by atoms with Gasteiger partial charge in [-0.25, -0.2) is 9.97 Å². The summed E-state index contributed by atoms with van der Waals surface area (Å²) >= 11 is 8.00. The Balaban J connectivity index is 2.01. The summed E-state index contributed by atoms with van der Waals surface area (Å²) in [6.07, 6.45) is 0.994. The highest BCUT2D eigenvalue weighted by atomic mass is 35.5. The van der Waals surface area contributed by atoms with Gasteiger partial charge in [-0.3, -0.25) is 0 Å². The van der Waals surface area contributed by atoms with Crippen LogP contribution in [-0.4, -0.2) is 41.5 Å². The molecule has 3 rings (SSSR count). The van der Waals surface area contributed by atoms with Gasteiger partial charge in [-0.1, -0.05) is 0 Å². The fourth-order valence-corrected chi connectivity index (χ4v) is 3.63. The van der Waals surface area contributed by atoms with E-state index in [1.54, 1.807) is 0 Å². The van der Waals surface area contributed by atoms with Gasteiger partial charge in [0.1, 0.15) is 5.82 Å². The Morgan fingerprint density at radius 1 is 1.44 bits per heavy atom. The summed E-state index contributed by atoms with van der Waals surface area (Å²) < 4.78 is 5.48. The first-order valence-corrected chi connectivity index (χ1v) is 7.76. The van der Waals surface area contributed by atoms with Crippen LogP contribution in [0.15, 0.2) is 0 Å². The molecule has 0 radical (unpaired) electrons. The second-order valence-electron chi connectivity index (χ2n) is 4.66. The summed E-state index contributed by atoms with van der Waals surface area (Å²) in [6, 6.07) is 0.348. The first-order chi connectivity index (χ1) is 8.75. The highest BCUT2D eigenvalue weighted by Gasteiger charge is 2.26. The van der Waals surface area contributed by atoms with Crippen LogP contribution in [0.25, 0.3) is 0 Å². The van der Waals surface area contributed by atoms with Crippen molar-refractivity contribution in [2.75, 3.05) is 30.4 Å². The Morgan fingerprint density at radius 2 is 2.33 bits per heavy atom. The molecule has 0 N–H and O–H groups in total. The molecule has 18 heavy (non-hydrogen) atoms. The van der Waals surface area contributed by atoms with Crippen molar-refractivity contribution < 1.29 is 4.74 Å². The van der Waals surface area contributed by atoms with Crippen molar-refractivity contribution in [3.05, 3.63) is 16.5 Å². The van der Waals surface area contributed by atoms with E-state index in [-0.39, 0.29) is 0 Å². The molecule has 1 saturated heterocycles. The topological polar surface area (TPSA) is 38.2 Å². The number of aryl methyl sites for hydroxylation is 1. The maximum Gasteiger partial charge on any atom is 0.224 e. The van der Waals surface area contributed by atoms with Crippen molar-refractivity contribution in [2.24, 2.45) is 0 Å². The maximum atomic E-state index is 6.06. The minimum absolute atomic E-state index is 0.348. The molecular weight excluding hydrogens is 270 g/mol. The van der Waals surface area contributed by atoms with E-state index in [1.807, 2.05) is 11.8 Å². The lowest BCUT2D eigenvalue weighted by Crippen LogP contribution is -2.45. The largest absolute Gasteiger partial charge is 0.377 e. The molecule has 2 aliphatic rings. The third-order valence-corrected chi connectivity index (χ3v) is 4.57. The third-order valence-electron chi connectivity index (χ3n) is 3.41. The normalized spacial score (nSPS) is 23.9. The van der Waals surface area contributed by atoms with Crippen LogP contribution in [0.4, 0.5) is 5.82 Å². The fraction of sp³-hybridized carbons (Fsp3) is 0.667. The quantitative estimate of drug-likeness (QED) is 0.739. The van der Waals surface area contributed by atoms with Gasteiger partial charge in [-0.05, 0) is 30.7 Å². The van der Waals surface area contributed by atoms with Gasteiger partial charge in [0.2, 0.25) is 5.28 Å². The molecule has 0 amide bonds. The van der Waals surface area contributed by atoms with Crippen molar-refractivity contribution in [2.45, 2.75) is 25.1 Å². The number of thioether (sulfide) groups is 1. The lowest BCUT2D eigenvalue weighted by atomic mass is 10.1. The van der Waals surface area contributed by atoms with E-state index in [0.29, 0.717) is 11.3 Å². The van der Waals surface area contributed by atoms with Gasteiger partial charge in [0.05, 0.1) is 24.9 Å². The Hall–Kier alpha value is -0.520. The molecule has 0 spiro atoms. The standard InChI is InChI=1S/C12H16ClN3OS/c1-8-6-17-4-3-16(8)11-9-7-18-5-2-10(9)14-12(13)15-11/h8H,2-7H2,1H3. The van der Waals surface area contributed by atoms with Crippen LogP contribution >= 0.6 is 23.4 Å². The lowest BCUT2D eigenvalue weighted by Gasteiger charge is -2.36. The second-order valence-corrected chi connectivity index (χ2v) is 6.10. The number of anilines is 1. The fourth-order valence-electron chi connectivity index (χ4n) is 2.46. The predicted octanol–water partition coefficient (Wildman–Crippen LogP) is 2.14. The van der Waals surface area contributed by atoms with Crippen LogP contribution in [0.5, 0.6) is 0 Å². The molecule has 1 aromatic rings. The second kappa shape index (κ2) is 5.23. The number of rotatable bonds is 1. The van der Waals surface area contributed by atoms with Crippen molar-refractivity contribution in [3.63, 3.8) is 0 Å². The number of hydrogen-bond acceptors (Lipinski definition) is 5. The van der Waals surface area contributed by atoms with Gasteiger partial charge in [0, 0.05) is 17.9 Å². The number of fused-ring (bicyclic) bond motifs is 1. The number of aromatic nitrogens is 2. The Labute approximate surface area is 116 Å². The van der Waals surface area contributed by atoms with Crippen LogP contribution in [-0.2, 0) is 16.9 Å². The lowest BCUT2D eigenvalue weighted by molar-refractivity contribution is 0.0984. The highest BCUT2D eigenvalue weighted by Crippen LogP contribution is 2.32. The van der Waals surface area contributed by atoms with Crippen molar-refractivity contribution in [3.8, 4) is 0 Å². The van der Waals surface area contributed by atoms with Crippen LogP contribution in [0.2, 0.25) is 5.28 Å². The molecule has 2 aliphatic heterocycles. The summed E-state index contributed by atoms with van der Waals surface area (Å²) in [7, 11) is 0. The summed E-state index contributed by atoms with van der Waals surface area (Å²) in [5.74, 6) is 3.14. The Kier molecular flexibility index (Phi) is 3.63. The first-order valence-electron chi connectivity index (χ1n) is 6.23. The van der Waals surface area contributed by atoms with Crippen LogP contribution in [0.3, 0.4) is 0 Å². The zero-order valence-corrected chi connectivity index (χ0v) is 11.9. The van der Waals surface area contributed by atoms with E-state index in [2.05, 4.69) is 21.8 Å². The van der Waals surface area contributed by atoms with Gasteiger partial charge in [-0.2, -0.15) is 11.8 Å². The minimum Gasteiger partial charge on any atom is -0.377 e. The summed E-state index contributed by atoms with van der Waals surface area (Å²) in [5, 5.41) is 0.370. The molecule has 0 saturated carbocycles. The molecule has 1 atom stereocenters. The zero-order valence-electron chi connectivity index (χ0n) is 10.4. The van der Waals surface area contributed by atoms with Crippen molar-refractivity contribution in [1.82, 2.24) is 9.97 Å². The maximum absolute atomic E-state index is 6.06. The zero-order chi connectivity index (χ0) is 12.5. The average Bonchev–Trinajstić information content (AvgIpc) is 2.38. The molecule has 6 heteroatoms. The molecule has 1 unspecified atom stereocenters. The minimum atomic E-state index is 0.348. The van der Waals surface area contributed by atoms with Crippen molar-refractivity contribution in [1.29, 1.82) is 0 Å². The summed E-state index contributed by atoms with van der Waals surface area (Å²) in [5.41, 5.74) is 2.40. The van der Waals surface area contributed by atoms with E-state index in [4.69, 9.17) is 16.3 Å². The predicted molar refractivity (Wildman–Crippen MR) is 74.5 cm³/mol. The SMILES string of the molecule is CC1COCCN1c1nc(Cl)nc2c1CSCC2. The van der Waals surface area contributed by atoms with E-state index in [9.17, 15) is 0 Å². The van der Waals surface area contributed by atoms with Crippen LogP contribution < -0.4 is 4.90 Å². The Morgan fingerprint density at radius 3 is 3.17 bits per heavy atom. The van der Waals surface area contributed by atoms with Gasteiger partial charge in [0.25, 0.3) is 0 Å². The monoisotopic (exact) mass is 285 g/mol. The molecule has 1 aromatic heterocycles. The van der Waals surface area contributed by atoms with E-state index in [1.165, 1.54) is 5.56 Å². The van der Waals surface area contributed by atoms with Crippen LogP contribution in [0.1, 0.15) is 18.2 Å². The van der Waals surface area contributed by atoms with E-state index in [0.717, 1.165) is 49.2 Å². The molecule has 0 bridgehead atoms. The number of ether oxygens (including phenoxy) is 1. The molecule has 4 nitrogen and oxygen atoms in total. The Bertz CT molecular complexity index is 457. The summed E-state index contributed by atoms with van der Waals surface area (Å²) in [4.78, 5) is 11.2. The third kappa shape index (κ3) is 2.31. The number of hydrogen-bond donors (Lipinski definition) is 0. The molecular formula is C12H16ClN3OS. The molecule has 1 fully saturated rings. The van der Waals surface area contributed by atoms with Gasteiger partial charge >= 0.3 is 0 Å². The summed E-state index contributed by atoms with van der Waals surface area (Å²) in [6.45, 7) is 4.56. The number of nitrogens with zero attached hydrogens (tertiary/aromatic N) is 3. The van der Waals surface area contributed by atoms with Gasteiger partial charge in [0.15, 0.2) is 0 Å². The molecule has 0 aromatic carbocycles. The number of morpholine rings is 1. The highest BCUT2D eigenvalue weighted by molar-refractivity contribution is 7.98. The first kappa shape index (κ1) is 12.5.